The minimum atomic E-state index is 0.131. The average Bonchev–Trinajstić information content (AvgIpc) is 3.17. The molecule has 1 aliphatic rings. The molecular weight excluding hydrogens is 298 g/mol. The first-order valence-electron chi connectivity index (χ1n) is 9.17. The van der Waals surface area contributed by atoms with E-state index in [9.17, 15) is 4.79 Å². The number of rotatable bonds is 6. The summed E-state index contributed by atoms with van der Waals surface area (Å²) in [5, 5.41) is 4.42. The molecular formula is C20H29N3O. The van der Waals surface area contributed by atoms with Crippen molar-refractivity contribution in [3.8, 4) is 0 Å². The van der Waals surface area contributed by atoms with Crippen molar-refractivity contribution in [1.29, 1.82) is 0 Å². The van der Waals surface area contributed by atoms with E-state index < -0.39 is 0 Å². The van der Waals surface area contributed by atoms with Gasteiger partial charge in [0.2, 0.25) is 5.91 Å². The summed E-state index contributed by atoms with van der Waals surface area (Å²) < 4.78 is 0. The van der Waals surface area contributed by atoms with Gasteiger partial charge in [0.05, 0.1) is 6.42 Å². The Morgan fingerprint density at radius 3 is 2.75 bits per heavy atom. The van der Waals surface area contributed by atoms with Gasteiger partial charge in [-0.3, -0.25) is 4.79 Å². The molecule has 1 aliphatic heterocycles. The summed E-state index contributed by atoms with van der Waals surface area (Å²) in [6, 6.07) is 6.53. The fraction of sp³-hybridized carbons (Fsp3) is 0.550. The molecule has 0 radical (unpaired) electrons. The second-order valence-corrected chi connectivity index (χ2v) is 7.08. The minimum absolute atomic E-state index is 0.131. The molecule has 0 aliphatic carbocycles. The molecule has 1 aromatic carbocycles. The number of benzene rings is 1. The number of aromatic nitrogens is 1. The third-order valence-corrected chi connectivity index (χ3v) is 5.24. The summed E-state index contributed by atoms with van der Waals surface area (Å²) in [6.07, 6.45) is 4.01. The molecule has 1 amide bonds. The molecule has 0 spiro atoms. The molecule has 0 saturated carbocycles. The summed E-state index contributed by atoms with van der Waals surface area (Å²) in [6.45, 7) is 9.64. The zero-order valence-corrected chi connectivity index (χ0v) is 15.1. The number of hydrogen-bond donors (Lipinski definition) is 2. The number of likely N-dealkylation sites (tertiary alicyclic amines) is 1. The Balaban J connectivity index is 1.68. The van der Waals surface area contributed by atoms with Crippen molar-refractivity contribution in [3.05, 3.63) is 35.0 Å². The highest BCUT2D eigenvalue weighted by Crippen LogP contribution is 2.25. The van der Waals surface area contributed by atoms with Crippen molar-refractivity contribution in [2.45, 2.75) is 52.5 Å². The van der Waals surface area contributed by atoms with Crippen LogP contribution in [0.4, 0.5) is 0 Å². The molecule has 0 bridgehead atoms. The van der Waals surface area contributed by atoms with Crippen molar-refractivity contribution >= 4 is 16.8 Å². The van der Waals surface area contributed by atoms with E-state index >= 15 is 0 Å². The smallest absolute Gasteiger partial charge is 0.224 e. The van der Waals surface area contributed by atoms with Crippen LogP contribution in [0.25, 0.3) is 10.9 Å². The lowest BCUT2D eigenvalue weighted by Crippen LogP contribution is -2.43. The number of aromatic amines is 1. The predicted molar refractivity (Wildman–Crippen MR) is 99.4 cm³/mol. The van der Waals surface area contributed by atoms with Crippen LogP contribution in [0.5, 0.6) is 0 Å². The monoisotopic (exact) mass is 327 g/mol. The van der Waals surface area contributed by atoms with Gasteiger partial charge in [-0.25, -0.2) is 0 Å². The molecule has 24 heavy (non-hydrogen) atoms. The number of para-hydroxylation sites is 1. The van der Waals surface area contributed by atoms with Crippen LogP contribution in [-0.4, -0.2) is 41.5 Å². The first-order valence-corrected chi connectivity index (χ1v) is 9.17. The molecule has 1 fully saturated rings. The van der Waals surface area contributed by atoms with Crippen molar-refractivity contribution in [2.75, 3.05) is 19.6 Å². The normalized spacial score (nSPS) is 16.6. The molecule has 1 unspecified atom stereocenters. The Morgan fingerprint density at radius 1 is 1.29 bits per heavy atom. The lowest BCUT2D eigenvalue weighted by atomic mass is 10.0. The lowest BCUT2D eigenvalue weighted by molar-refractivity contribution is -0.121. The first kappa shape index (κ1) is 17.0. The zero-order chi connectivity index (χ0) is 17.1. The number of carbonyl (C=O) groups excluding carboxylic acids is 1. The Hall–Kier alpha value is -1.81. The van der Waals surface area contributed by atoms with Gasteiger partial charge < -0.3 is 15.2 Å². The quantitative estimate of drug-likeness (QED) is 0.855. The summed E-state index contributed by atoms with van der Waals surface area (Å²) in [7, 11) is 0. The Labute approximate surface area is 144 Å². The van der Waals surface area contributed by atoms with Crippen molar-refractivity contribution in [1.82, 2.24) is 15.2 Å². The molecule has 2 heterocycles. The van der Waals surface area contributed by atoms with Gasteiger partial charge in [-0.15, -0.1) is 0 Å². The molecule has 1 aromatic heterocycles. The van der Waals surface area contributed by atoms with E-state index in [0.717, 1.165) is 29.7 Å². The summed E-state index contributed by atoms with van der Waals surface area (Å²) >= 11 is 0. The Kier molecular flexibility index (Phi) is 5.24. The van der Waals surface area contributed by atoms with Gasteiger partial charge in [0.1, 0.15) is 0 Å². The number of fused-ring (bicyclic) bond motifs is 1. The van der Waals surface area contributed by atoms with Gasteiger partial charge >= 0.3 is 0 Å². The standard InChI is InChI=1S/C20H29N3O/c1-4-16(13-23-10-5-6-11-23)22-19(24)12-18-15(3)21-20-14(2)8-7-9-17(18)20/h7-9,16,21H,4-6,10-13H2,1-3H3,(H,22,24). The number of nitrogens with one attached hydrogen (secondary N) is 2. The van der Waals surface area contributed by atoms with Gasteiger partial charge in [-0.1, -0.05) is 25.1 Å². The molecule has 4 heteroatoms. The average molecular weight is 327 g/mol. The lowest BCUT2D eigenvalue weighted by Gasteiger charge is -2.23. The van der Waals surface area contributed by atoms with E-state index in [0.29, 0.717) is 6.42 Å². The van der Waals surface area contributed by atoms with Crippen LogP contribution in [0, 0.1) is 13.8 Å². The van der Waals surface area contributed by atoms with E-state index in [1.807, 2.05) is 0 Å². The fourth-order valence-corrected chi connectivity index (χ4v) is 3.77. The molecule has 1 atom stereocenters. The van der Waals surface area contributed by atoms with Gasteiger partial charge in [-0.2, -0.15) is 0 Å². The summed E-state index contributed by atoms with van der Waals surface area (Å²) in [5.74, 6) is 0.131. The number of H-pyrrole nitrogens is 1. The van der Waals surface area contributed by atoms with Gasteiger partial charge in [0.25, 0.3) is 0 Å². The Morgan fingerprint density at radius 2 is 2.04 bits per heavy atom. The second-order valence-electron chi connectivity index (χ2n) is 7.08. The third-order valence-electron chi connectivity index (χ3n) is 5.24. The van der Waals surface area contributed by atoms with Crippen molar-refractivity contribution in [3.63, 3.8) is 0 Å². The van der Waals surface area contributed by atoms with Crippen LogP contribution in [0.1, 0.15) is 43.0 Å². The SMILES string of the molecule is CCC(CN1CCCC1)NC(=O)Cc1c(C)[nH]c2c(C)cccc12. The van der Waals surface area contributed by atoms with E-state index in [1.54, 1.807) is 0 Å². The minimum Gasteiger partial charge on any atom is -0.358 e. The topological polar surface area (TPSA) is 48.1 Å². The number of carbonyl (C=O) groups is 1. The van der Waals surface area contributed by atoms with Crippen molar-refractivity contribution in [2.24, 2.45) is 0 Å². The maximum Gasteiger partial charge on any atom is 0.224 e. The highest BCUT2D eigenvalue weighted by Gasteiger charge is 2.19. The van der Waals surface area contributed by atoms with Crippen LogP contribution >= 0.6 is 0 Å². The highest BCUT2D eigenvalue weighted by atomic mass is 16.1. The third kappa shape index (κ3) is 3.64. The molecule has 2 aromatic rings. The van der Waals surface area contributed by atoms with Gasteiger partial charge in [-0.05, 0) is 57.3 Å². The first-order chi connectivity index (χ1) is 11.6. The maximum atomic E-state index is 12.6. The van der Waals surface area contributed by atoms with Crippen LogP contribution < -0.4 is 5.32 Å². The molecule has 1 saturated heterocycles. The number of nitrogens with zero attached hydrogens (tertiary/aromatic N) is 1. The van der Waals surface area contributed by atoms with Gasteiger partial charge in [0, 0.05) is 29.2 Å². The van der Waals surface area contributed by atoms with Crippen LogP contribution in [0.3, 0.4) is 0 Å². The number of aryl methyl sites for hydroxylation is 2. The highest BCUT2D eigenvalue weighted by molar-refractivity contribution is 5.91. The van der Waals surface area contributed by atoms with E-state index in [2.05, 4.69) is 54.2 Å². The van der Waals surface area contributed by atoms with Crippen LogP contribution in [-0.2, 0) is 11.2 Å². The van der Waals surface area contributed by atoms with E-state index in [1.165, 1.54) is 36.9 Å². The van der Waals surface area contributed by atoms with Crippen molar-refractivity contribution < 1.29 is 4.79 Å². The van der Waals surface area contributed by atoms with Crippen LogP contribution in [0.2, 0.25) is 0 Å². The molecule has 2 N–H and O–H groups in total. The summed E-state index contributed by atoms with van der Waals surface area (Å²) in [5.41, 5.74) is 4.61. The zero-order valence-electron chi connectivity index (χ0n) is 15.1. The maximum absolute atomic E-state index is 12.6. The van der Waals surface area contributed by atoms with E-state index in [-0.39, 0.29) is 11.9 Å². The van der Waals surface area contributed by atoms with Crippen LogP contribution in [0.15, 0.2) is 18.2 Å². The largest absolute Gasteiger partial charge is 0.358 e. The van der Waals surface area contributed by atoms with Gasteiger partial charge in [0.15, 0.2) is 0 Å². The Bertz CT molecular complexity index is 713. The number of amides is 1. The molecule has 3 rings (SSSR count). The fourth-order valence-electron chi connectivity index (χ4n) is 3.77. The second kappa shape index (κ2) is 7.39. The molecule has 4 nitrogen and oxygen atoms in total. The summed E-state index contributed by atoms with van der Waals surface area (Å²) in [4.78, 5) is 18.5. The van der Waals surface area contributed by atoms with E-state index in [4.69, 9.17) is 0 Å². The predicted octanol–water partition coefficient (Wildman–Crippen LogP) is 3.32. The molecule has 130 valence electrons. The number of hydrogen-bond acceptors (Lipinski definition) is 2.